The molecule has 1 N–H and O–H groups in total. The van der Waals surface area contributed by atoms with E-state index in [0.717, 1.165) is 12.8 Å². The van der Waals surface area contributed by atoms with Crippen molar-refractivity contribution in [2.24, 2.45) is 0 Å². The summed E-state index contributed by atoms with van der Waals surface area (Å²) in [6, 6.07) is 1.69. The normalized spacial score (nSPS) is 18.0. The molecule has 0 radical (unpaired) electrons. The molecule has 0 aliphatic heterocycles. The Kier molecular flexibility index (Phi) is 2.81. The monoisotopic (exact) mass is 194 g/mol. The molecular formula is C10H14N2O2. The molecule has 14 heavy (non-hydrogen) atoms. The van der Waals surface area contributed by atoms with Crippen molar-refractivity contribution in [3.05, 3.63) is 22.7 Å². The predicted molar refractivity (Wildman–Crippen MR) is 52.4 cm³/mol. The fourth-order valence-corrected chi connectivity index (χ4v) is 1.78. The third-order valence-electron chi connectivity index (χ3n) is 2.49. The molecule has 1 aliphatic carbocycles. The molecule has 1 saturated carbocycles. The predicted octanol–water partition coefficient (Wildman–Crippen LogP) is 1.48. The third kappa shape index (κ3) is 2.34. The Morgan fingerprint density at radius 3 is 2.86 bits per heavy atom. The van der Waals surface area contributed by atoms with E-state index in [1.54, 1.807) is 6.07 Å². The summed E-state index contributed by atoms with van der Waals surface area (Å²) < 4.78 is 5.64. The molecule has 0 spiro atoms. The first-order chi connectivity index (χ1) is 6.84. The van der Waals surface area contributed by atoms with E-state index in [0.29, 0.717) is 5.88 Å². The Morgan fingerprint density at radius 2 is 2.14 bits per heavy atom. The smallest absolute Gasteiger partial charge is 0.347 e. The average molecular weight is 194 g/mol. The lowest BCUT2D eigenvalue weighted by atomic mass is 9.98. The highest BCUT2D eigenvalue weighted by molar-refractivity contribution is 5.05. The molecule has 1 aromatic rings. The standard InChI is InChI=1S/C10H14N2O2/c13-10-11-7-6-9(12-10)14-8-4-2-1-3-5-8/h6-8H,1-5H2,(H,11,12,13). The fourth-order valence-electron chi connectivity index (χ4n) is 1.78. The summed E-state index contributed by atoms with van der Waals surface area (Å²) in [7, 11) is 0. The lowest BCUT2D eigenvalue weighted by molar-refractivity contribution is 0.148. The van der Waals surface area contributed by atoms with Crippen molar-refractivity contribution in [2.45, 2.75) is 38.2 Å². The van der Waals surface area contributed by atoms with Crippen LogP contribution in [0.15, 0.2) is 17.1 Å². The lowest BCUT2D eigenvalue weighted by Crippen LogP contribution is -2.21. The van der Waals surface area contributed by atoms with Gasteiger partial charge in [-0.15, -0.1) is 0 Å². The van der Waals surface area contributed by atoms with E-state index < -0.39 is 0 Å². The molecule has 1 fully saturated rings. The minimum absolute atomic E-state index is 0.266. The largest absolute Gasteiger partial charge is 0.476 e. The van der Waals surface area contributed by atoms with Gasteiger partial charge in [0, 0.05) is 12.3 Å². The Morgan fingerprint density at radius 1 is 1.36 bits per heavy atom. The topological polar surface area (TPSA) is 55.0 Å². The maximum absolute atomic E-state index is 10.9. The third-order valence-corrected chi connectivity index (χ3v) is 2.49. The number of H-pyrrole nitrogens is 1. The van der Waals surface area contributed by atoms with Crippen LogP contribution in [0.25, 0.3) is 0 Å². The van der Waals surface area contributed by atoms with Gasteiger partial charge < -0.3 is 4.74 Å². The van der Waals surface area contributed by atoms with Crippen molar-refractivity contribution < 1.29 is 4.74 Å². The summed E-state index contributed by atoms with van der Waals surface area (Å²) in [6.07, 6.45) is 7.65. The number of aromatic amines is 1. The molecular weight excluding hydrogens is 180 g/mol. The number of hydrogen-bond acceptors (Lipinski definition) is 3. The maximum Gasteiger partial charge on any atom is 0.347 e. The summed E-state index contributed by atoms with van der Waals surface area (Å²) in [5.74, 6) is 0.539. The van der Waals surface area contributed by atoms with Crippen LogP contribution in [0.5, 0.6) is 5.88 Å². The Hall–Kier alpha value is -1.32. The van der Waals surface area contributed by atoms with Gasteiger partial charge in [-0.3, -0.25) is 4.98 Å². The molecule has 1 aliphatic rings. The SMILES string of the molecule is O=c1nccc(OC2CCCCC2)[nH]1. The Labute approximate surface area is 82.3 Å². The fraction of sp³-hybridized carbons (Fsp3) is 0.600. The zero-order chi connectivity index (χ0) is 9.80. The minimum Gasteiger partial charge on any atom is -0.476 e. The number of hydrogen-bond donors (Lipinski definition) is 1. The lowest BCUT2D eigenvalue weighted by Gasteiger charge is -2.22. The van der Waals surface area contributed by atoms with E-state index in [9.17, 15) is 4.79 Å². The molecule has 0 amide bonds. The van der Waals surface area contributed by atoms with Gasteiger partial charge in [0.1, 0.15) is 6.10 Å². The van der Waals surface area contributed by atoms with Gasteiger partial charge in [-0.25, -0.2) is 9.78 Å². The molecule has 1 aromatic heterocycles. The van der Waals surface area contributed by atoms with Crippen molar-refractivity contribution in [3.63, 3.8) is 0 Å². The van der Waals surface area contributed by atoms with Crippen LogP contribution in [0.2, 0.25) is 0 Å². The summed E-state index contributed by atoms with van der Waals surface area (Å²) >= 11 is 0. The van der Waals surface area contributed by atoms with Crippen molar-refractivity contribution in [2.75, 3.05) is 0 Å². The first kappa shape index (κ1) is 9.24. The number of nitrogens with zero attached hydrogens (tertiary/aromatic N) is 1. The van der Waals surface area contributed by atoms with Gasteiger partial charge in [-0.05, 0) is 25.7 Å². The number of aromatic nitrogens is 2. The van der Waals surface area contributed by atoms with Crippen LogP contribution in [-0.4, -0.2) is 16.1 Å². The highest BCUT2D eigenvalue weighted by atomic mass is 16.5. The van der Waals surface area contributed by atoms with Crippen molar-refractivity contribution in [1.29, 1.82) is 0 Å². The zero-order valence-electron chi connectivity index (χ0n) is 8.03. The minimum atomic E-state index is -0.349. The molecule has 0 saturated heterocycles. The first-order valence-corrected chi connectivity index (χ1v) is 5.06. The molecule has 0 bridgehead atoms. The second kappa shape index (κ2) is 4.26. The van der Waals surface area contributed by atoms with Gasteiger partial charge in [0.2, 0.25) is 0 Å². The summed E-state index contributed by atoms with van der Waals surface area (Å²) in [5, 5.41) is 0. The van der Waals surface area contributed by atoms with E-state index >= 15 is 0 Å². The average Bonchev–Trinajstić information content (AvgIpc) is 2.19. The summed E-state index contributed by atoms with van der Waals surface area (Å²) in [4.78, 5) is 17.0. The number of rotatable bonds is 2. The highest BCUT2D eigenvalue weighted by Crippen LogP contribution is 2.21. The highest BCUT2D eigenvalue weighted by Gasteiger charge is 2.14. The van der Waals surface area contributed by atoms with Crippen LogP contribution in [0, 0.1) is 0 Å². The van der Waals surface area contributed by atoms with Crippen LogP contribution in [0.1, 0.15) is 32.1 Å². The van der Waals surface area contributed by atoms with Crippen molar-refractivity contribution in [3.8, 4) is 5.88 Å². The van der Waals surface area contributed by atoms with Crippen molar-refractivity contribution in [1.82, 2.24) is 9.97 Å². The van der Waals surface area contributed by atoms with Gasteiger partial charge in [-0.2, -0.15) is 0 Å². The van der Waals surface area contributed by atoms with E-state index in [1.165, 1.54) is 25.5 Å². The molecule has 2 rings (SSSR count). The maximum atomic E-state index is 10.9. The second-order valence-corrected chi connectivity index (χ2v) is 3.62. The first-order valence-electron chi connectivity index (χ1n) is 5.06. The molecule has 4 nitrogen and oxygen atoms in total. The molecule has 4 heteroatoms. The van der Waals surface area contributed by atoms with Gasteiger partial charge in [-0.1, -0.05) is 6.42 Å². The zero-order valence-corrected chi connectivity index (χ0v) is 8.03. The van der Waals surface area contributed by atoms with E-state index in [4.69, 9.17) is 4.74 Å². The molecule has 76 valence electrons. The van der Waals surface area contributed by atoms with Gasteiger partial charge >= 0.3 is 5.69 Å². The van der Waals surface area contributed by atoms with E-state index in [2.05, 4.69) is 9.97 Å². The van der Waals surface area contributed by atoms with Gasteiger partial charge in [0.05, 0.1) is 0 Å². The van der Waals surface area contributed by atoms with Crippen LogP contribution >= 0.6 is 0 Å². The number of nitrogens with one attached hydrogen (secondary N) is 1. The van der Waals surface area contributed by atoms with Crippen molar-refractivity contribution >= 4 is 0 Å². The summed E-state index contributed by atoms with van der Waals surface area (Å²) in [5.41, 5.74) is -0.349. The second-order valence-electron chi connectivity index (χ2n) is 3.62. The number of ether oxygens (including phenoxy) is 1. The molecule has 1 heterocycles. The van der Waals surface area contributed by atoms with Crippen LogP contribution < -0.4 is 10.4 Å². The Bertz CT molecular complexity index is 342. The van der Waals surface area contributed by atoms with E-state index in [-0.39, 0.29) is 11.8 Å². The van der Waals surface area contributed by atoms with Crippen LogP contribution in [0.3, 0.4) is 0 Å². The van der Waals surface area contributed by atoms with Gasteiger partial charge in [0.25, 0.3) is 0 Å². The molecule has 0 atom stereocenters. The van der Waals surface area contributed by atoms with Crippen LogP contribution in [-0.2, 0) is 0 Å². The van der Waals surface area contributed by atoms with Gasteiger partial charge in [0.15, 0.2) is 5.88 Å². The van der Waals surface area contributed by atoms with E-state index in [1.807, 2.05) is 0 Å². The molecule has 0 aromatic carbocycles. The quantitative estimate of drug-likeness (QED) is 0.775. The summed E-state index contributed by atoms with van der Waals surface area (Å²) in [6.45, 7) is 0. The van der Waals surface area contributed by atoms with Crippen LogP contribution in [0.4, 0.5) is 0 Å². The Balaban J connectivity index is 1.99. The molecule has 0 unspecified atom stereocenters.